The van der Waals surface area contributed by atoms with Gasteiger partial charge in [-0.15, -0.1) is 0 Å². The van der Waals surface area contributed by atoms with Gasteiger partial charge in [0.1, 0.15) is 11.5 Å². The highest BCUT2D eigenvalue weighted by Crippen LogP contribution is 2.31. The fraction of sp³-hybridized carbons (Fsp3) is 0.269. The van der Waals surface area contributed by atoms with Crippen molar-refractivity contribution in [1.82, 2.24) is 9.88 Å². The number of fused-ring (bicyclic) bond motifs is 1. The number of rotatable bonds is 8. The first-order chi connectivity index (χ1) is 16.7. The summed E-state index contributed by atoms with van der Waals surface area (Å²) < 4.78 is 57.4. The maximum absolute atomic E-state index is 13.2. The van der Waals surface area contributed by atoms with Crippen molar-refractivity contribution < 1.29 is 31.9 Å². The van der Waals surface area contributed by atoms with Gasteiger partial charge in [-0.3, -0.25) is 4.79 Å². The van der Waals surface area contributed by atoms with Gasteiger partial charge in [0.15, 0.2) is 17.1 Å². The highest BCUT2D eigenvalue weighted by molar-refractivity contribution is 5.97. The SMILES string of the molecule is COc1ccc(CCNC(=O)c2cc3oc(C)cc3n2Cc2cccc(C(F)(F)F)c2)cc1OC. The average Bonchev–Trinajstić information content (AvgIpc) is 3.35. The monoisotopic (exact) mass is 486 g/mol. The molecule has 0 bridgehead atoms. The summed E-state index contributed by atoms with van der Waals surface area (Å²) in [6.07, 6.45) is -3.89. The van der Waals surface area contributed by atoms with E-state index in [2.05, 4.69) is 5.32 Å². The molecule has 0 aliphatic carbocycles. The quantitative estimate of drug-likeness (QED) is 0.352. The van der Waals surface area contributed by atoms with E-state index in [4.69, 9.17) is 13.9 Å². The number of furan rings is 1. The van der Waals surface area contributed by atoms with Gasteiger partial charge in [-0.2, -0.15) is 13.2 Å². The lowest BCUT2D eigenvalue weighted by Crippen LogP contribution is -2.28. The van der Waals surface area contributed by atoms with Gasteiger partial charge in [0.2, 0.25) is 0 Å². The van der Waals surface area contributed by atoms with Crippen LogP contribution in [0.15, 0.2) is 59.0 Å². The number of ether oxygens (including phenoxy) is 2. The highest BCUT2D eigenvalue weighted by Gasteiger charge is 2.30. The number of aryl methyl sites for hydroxylation is 1. The van der Waals surface area contributed by atoms with Crippen LogP contribution in [0.3, 0.4) is 0 Å². The van der Waals surface area contributed by atoms with E-state index in [0.717, 1.165) is 17.7 Å². The van der Waals surface area contributed by atoms with E-state index in [-0.39, 0.29) is 12.5 Å². The molecule has 2 aromatic carbocycles. The molecule has 0 saturated carbocycles. The molecule has 0 spiro atoms. The second-order valence-corrected chi connectivity index (χ2v) is 8.12. The predicted octanol–water partition coefficient (Wildman–Crippen LogP) is 5.60. The zero-order valence-corrected chi connectivity index (χ0v) is 19.5. The summed E-state index contributed by atoms with van der Waals surface area (Å²) in [6.45, 7) is 2.21. The maximum atomic E-state index is 13.2. The summed E-state index contributed by atoms with van der Waals surface area (Å²) in [5.74, 6) is 1.52. The Morgan fingerprint density at radius 3 is 2.49 bits per heavy atom. The third kappa shape index (κ3) is 5.29. The van der Waals surface area contributed by atoms with Crippen LogP contribution < -0.4 is 14.8 Å². The minimum atomic E-state index is -4.45. The molecule has 2 aromatic heterocycles. The lowest BCUT2D eigenvalue weighted by Gasteiger charge is -2.13. The van der Waals surface area contributed by atoms with Gasteiger partial charge < -0.3 is 23.8 Å². The summed E-state index contributed by atoms with van der Waals surface area (Å²) in [6, 6.07) is 14.0. The molecule has 184 valence electrons. The van der Waals surface area contributed by atoms with Crippen LogP contribution in [0, 0.1) is 6.92 Å². The van der Waals surface area contributed by atoms with Crippen LogP contribution in [0.5, 0.6) is 11.5 Å². The molecule has 2 heterocycles. The van der Waals surface area contributed by atoms with Crippen LogP contribution >= 0.6 is 0 Å². The summed E-state index contributed by atoms with van der Waals surface area (Å²) in [4.78, 5) is 13.0. The molecule has 1 N–H and O–H groups in total. The van der Waals surface area contributed by atoms with Crippen LogP contribution in [0.2, 0.25) is 0 Å². The van der Waals surface area contributed by atoms with E-state index in [1.165, 1.54) is 6.07 Å². The molecule has 9 heteroatoms. The van der Waals surface area contributed by atoms with Gasteiger partial charge in [0.25, 0.3) is 5.91 Å². The second kappa shape index (κ2) is 9.77. The van der Waals surface area contributed by atoms with Crippen LogP contribution in [0.1, 0.15) is 32.9 Å². The number of benzene rings is 2. The molecule has 0 radical (unpaired) electrons. The van der Waals surface area contributed by atoms with Gasteiger partial charge in [-0.1, -0.05) is 18.2 Å². The van der Waals surface area contributed by atoms with Gasteiger partial charge >= 0.3 is 6.18 Å². The Bertz CT molecular complexity index is 1350. The van der Waals surface area contributed by atoms with Crippen molar-refractivity contribution >= 4 is 17.0 Å². The number of carbonyl (C=O) groups excluding carboxylic acids is 1. The molecule has 0 aliphatic heterocycles. The summed E-state index contributed by atoms with van der Waals surface area (Å²) in [5.41, 5.74) is 2.10. The number of nitrogens with one attached hydrogen (secondary N) is 1. The highest BCUT2D eigenvalue weighted by atomic mass is 19.4. The van der Waals surface area contributed by atoms with Crippen LogP contribution in [-0.4, -0.2) is 31.2 Å². The Hall–Kier alpha value is -3.88. The molecule has 0 aliphatic rings. The van der Waals surface area contributed by atoms with Crippen molar-refractivity contribution in [2.45, 2.75) is 26.1 Å². The lowest BCUT2D eigenvalue weighted by atomic mass is 10.1. The zero-order chi connectivity index (χ0) is 25.2. The summed E-state index contributed by atoms with van der Waals surface area (Å²) in [7, 11) is 3.11. The van der Waals surface area contributed by atoms with E-state index >= 15 is 0 Å². The standard InChI is InChI=1S/C26H25F3N2O4/c1-16-11-20-23(35-16)14-21(31(20)15-18-5-4-6-19(12-18)26(27,28)29)25(32)30-10-9-17-7-8-22(33-2)24(13-17)34-3/h4-8,11-14H,9-10,15H2,1-3H3,(H,30,32). The Balaban J connectivity index is 1.54. The molecule has 4 rings (SSSR count). The van der Waals surface area contributed by atoms with E-state index in [9.17, 15) is 18.0 Å². The Kier molecular flexibility index (Phi) is 6.77. The molecule has 6 nitrogen and oxygen atoms in total. The van der Waals surface area contributed by atoms with Gasteiger partial charge in [0, 0.05) is 25.2 Å². The maximum Gasteiger partial charge on any atom is 0.416 e. The smallest absolute Gasteiger partial charge is 0.416 e. The van der Waals surface area contributed by atoms with Gasteiger partial charge in [-0.25, -0.2) is 0 Å². The number of nitrogens with zero attached hydrogens (tertiary/aromatic N) is 1. The van der Waals surface area contributed by atoms with Crippen LogP contribution in [0.4, 0.5) is 13.2 Å². The van der Waals surface area contributed by atoms with E-state index in [1.807, 2.05) is 12.1 Å². The third-order valence-corrected chi connectivity index (χ3v) is 5.69. The van der Waals surface area contributed by atoms with Crippen molar-refractivity contribution in [2.75, 3.05) is 20.8 Å². The normalized spacial score (nSPS) is 11.6. The average molecular weight is 486 g/mol. The van der Waals surface area contributed by atoms with Gasteiger partial charge in [0.05, 0.1) is 25.3 Å². The molecule has 4 aromatic rings. The molecular formula is C26H25F3N2O4. The number of halogens is 3. The van der Waals surface area contributed by atoms with Crippen LogP contribution in [-0.2, 0) is 19.1 Å². The number of alkyl halides is 3. The summed E-state index contributed by atoms with van der Waals surface area (Å²) >= 11 is 0. The van der Waals surface area contributed by atoms with Crippen molar-refractivity contribution in [3.63, 3.8) is 0 Å². The van der Waals surface area contributed by atoms with Crippen molar-refractivity contribution in [2.24, 2.45) is 0 Å². The first-order valence-corrected chi connectivity index (χ1v) is 10.9. The van der Waals surface area contributed by atoms with Crippen molar-refractivity contribution in [3.8, 4) is 11.5 Å². The van der Waals surface area contributed by atoms with Crippen molar-refractivity contribution in [3.05, 3.63) is 82.7 Å². The van der Waals surface area contributed by atoms with Crippen molar-refractivity contribution in [1.29, 1.82) is 0 Å². The Morgan fingerprint density at radius 1 is 1.00 bits per heavy atom. The number of methoxy groups -OCH3 is 2. The molecular weight excluding hydrogens is 461 g/mol. The van der Waals surface area contributed by atoms with Crippen LogP contribution in [0.25, 0.3) is 11.1 Å². The number of amides is 1. The predicted molar refractivity (Wildman–Crippen MR) is 125 cm³/mol. The fourth-order valence-electron chi connectivity index (χ4n) is 4.00. The number of hydrogen-bond donors (Lipinski definition) is 1. The lowest BCUT2D eigenvalue weighted by molar-refractivity contribution is -0.137. The van der Waals surface area contributed by atoms with E-state index in [1.54, 1.807) is 50.0 Å². The minimum absolute atomic E-state index is 0.0881. The Morgan fingerprint density at radius 2 is 1.77 bits per heavy atom. The van der Waals surface area contributed by atoms with E-state index in [0.29, 0.717) is 52.6 Å². The largest absolute Gasteiger partial charge is 0.493 e. The molecule has 0 fully saturated rings. The first-order valence-electron chi connectivity index (χ1n) is 10.9. The molecule has 0 atom stereocenters. The second-order valence-electron chi connectivity index (χ2n) is 8.12. The topological polar surface area (TPSA) is 65.6 Å². The number of carbonyl (C=O) groups is 1. The zero-order valence-electron chi connectivity index (χ0n) is 19.5. The molecule has 0 saturated heterocycles. The fourth-order valence-corrected chi connectivity index (χ4v) is 4.00. The molecule has 1 amide bonds. The number of aromatic nitrogens is 1. The Labute approximate surface area is 200 Å². The first kappa shape index (κ1) is 24.3. The minimum Gasteiger partial charge on any atom is -0.493 e. The number of hydrogen-bond acceptors (Lipinski definition) is 4. The third-order valence-electron chi connectivity index (χ3n) is 5.69. The van der Waals surface area contributed by atoms with E-state index < -0.39 is 11.7 Å². The van der Waals surface area contributed by atoms with Gasteiger partial charge in [-0.05, 0) is 48.7 Å². The summed E-state index contributed by atoms with van der Waals surface area (Å²) in [5, 5.41) is 2.89. The molecule has 0 unspecified atom stereocenters. The molecule has 35 heavy (non-hydrogen) atoms.